The summed E-state index contributed by atoms with van der Waals surface area (Å²) in [6.07, 6.45) is 0. The summed E-state index contributed by atoms with van der Waals surface area (Å²) in [5, 5.41) is 3.02. The standard InChI is InChI=1S/C16H18FN/c1-11-6-12(2)8-14(7-11)15-5-4-13(10-18-3)9-16(15)17/h4-9,18H,10H2,1-3H3. The molecule has 0 radical (unpaired) electrons. The topological polar surface area (TPSA) is 12.0 Å². The first-order valence-corrected chi connectivity index (χ1v) is 6.12. The lowest BCUT2D eigenvalue weighted by Gasteiger charge is -2.08. The van der Waals surface area contributed by atoms with Gasteiger partial charge in [0.2, 0.25) is 0 Å². The number of nitrogens with one attached hydrogen (secondary N) is 1. The van der Waals surface area contributed by atoms with Gasteiger partial charge in [0.15, 0.2) is 0 Å². The Morgan fingerprint density at radius 1 is 1.00 bits per heavy atom. The highest BCUT2D eigenvalue weighted by Gasteiger charge is 2.07. The summed E-state index contributed by atoms with van der Waals surface area (Å²) in [4.78, 5) is 0. The molecule has 0 aliphatic carbocycles. The molecular formula is C16H18FN. The zero-order chi connectivity index (χ0) is 13.1. The molecule has 0 aliphatic heterocycles. The Labute approximate surface area is 108 Å². The highest BCUT2D eigenvalue weighted by atomic mass is 19.1. The van der Waals surface area contributed by atoms with Crippen molar-refractivity contribution in [2.75, 3.05) is 7.05 Å². The molecule has 0 atom stereocenters. The van der Waals surface area contributed by atoms with E-state index in [1.807, 2.05) is 45.2 Å². The van der Waals surface area contributed by atoms with E-state index < -0.39 is 0 Å². The molecule has 0 amide bonds. The van der Waals surface area contributed by atoms with Crippen LogP contribution in [-0.4, -0.2) is 7.05 Å². The highest BCUT2D eigenvalue weighted by Crippen LogP contribution is 2.25. The van der Waals surface area contributed by atoms with Crippen LogP contribution in [0.15, 0.2) is 36.4 Å². The Hall–Kier alpha value is -1.67. The van der Waals surface area contributed by atoms with Gasteiger partial charge in [0.25, 0.3) is 0 Å². The van der Waals surface area contributed by atoms with Gasteiger partial charge >= 0.3 is 0 Å². The van der Waals surface area contributed by atoms with Gasteiger partial charge in [-0.1, -0.05) is 41.5 Å². The van der Waals surface area contributed by atoms with Gasteiger partial charge in [-0.3, -0.25) is 0 Å². The van der Waals surface area contributed by atoms with Crippen LogP contribution in [0.4, 0.5) is 4.39 Å². The largest absolute Gasteiger partial charge is 0.316 e. The van der Waals surface area contributed by atoms with Crippen molar-refractivity contribution in [2.24, 2.45) is 0 Å². The molecule has 0 fully saturated rings. The zero-order valence-electron chi connectivity index (χ0n) is 11.0. The molecule has 2 rings (SSSR count). The van der Waals surface area contributed by atoms with Crippen LogP contribution in [0.5, 0.6) is 0 Å². The van der Waals surface area contributed by atoms with E-state index in [-0.39, 0.29) is 5.82 Å². The Morgan fingerprint density at radius 3 is 2.22 bits per heavy atom. The average molecular weight is 243 g/mol. The summed E-state index contributed by atoms with van der Waals surface area (Å²) in [5.41, 5.74) is 4.89. The van der Waals surface area contributed by atoms with E-state index in [2.05, 4.69) is 11.4 Å². The van der Waals surface area contributed by atoms with Crippen LogP contribution < -0.4 is 5.32 Å². The van der Waals surface area contributed by atoms with Crippen molar-refractivity contribution < 1.29 is 4.39 Å². The van der Waals surface area contributed by atoms with E-state index in [1.165, 1.54) is 0 Å². The number of hydrogen-bond donors (Lipinski definition) is 1. The minimum atomic E-state index is -0.159. The van der Waals surface area contributed by atoms with Crippen molar-refractivity contribution in [3.8, 4) is 11.1 Å². The van der Waals surface area contributed by atoms with Gasteiger partial charge in [-0.25, -0.2) is 4.39 Å². The van der Waals surface area contributed by atoms with E-state index in [9.17, 15) is 4.39 Å². The van der Waals surface area contributed by atoms with Crippen molar-refractivity contribution in [1.82, 2.24) is 5.32 Å². The maximum atomic E-state index is 14.1. The minimum absolute atomic E-state index is 0.159. The number of hydrogen-bond acceptors (Lipinski definition) is 1. The summed E-state index contributed by atoms with van der Waals surface area (Å²) in [6.45, 7) is 4.75. The van der Waals surface area contributed by atoms with Gasteiger partial charge < -0.3 is 5.32 Å². The van der Waals surface area contributed by atoms with E-state index in [4.69, 9.17) is 0 Å². The van der Waals surface area contributed by atoms with E-state index in [0.29, 0.717) is 12.1 Å². The quantitative estimate of drug-likeness (QED) is 0.864. The molecule has 1 N–H and O–H groups in total. The fourth-order valence-electron chi connectivity index (χ4n) is 2.24. The molecule has 0 heterocycles. The number of rotatable bonds is 3. The fourth-order valence-corrected chi connectivity index (χ4v) is 2.24. The molecule has 0 spiro atoms. The second-order valence-electron chi connectivity index (χ2n) is 4.72. The van der Waals surface area contributed by atoms with Crippen molar-refractivity contribution in [2.45, 2.75) is 20.4 Å². The third-order valence-corrected chi connectivity index (χ3v) is 2.95. The Balaban J connectivity index is 2.44. The molecule has 0 saturated heterocycles. The highest BCUT2D eigenvalue weighted by molar-refractivity contribution is 5.66. The molecule has 2 aromatic carbocycles. The van der Waals surface area contributed by atoms with Crippen LogP contribution in [0.25, 0.3) is 11.1 Å². The van der Waals surface area contributed by atoms with Gasteiger partial charge in [-0.05, 0) is 38.1 Å². The molecule has 94 valence electrons. The molecule has 0 unspecified atom stereocenters. The van der Waals surface area contributed by atoms with Crippen molar-refractivity contribution in [3.63, 3.8) is 0 Å². The van der Waals surface area contributed by atoms with Crippen molar-refractivity contribution in [3.05, 3.63) is 58.9 Å². The first-order valence-electron chi connectivity index (χ1n) is 6.12. The summed E-state index contributed by atoms with van der Waals surface area (Å²) in [7, 11) is 1.86. The summed E-state index contributed by atoms with van der Waals surface area (Å²) < 4.78 is 14.1. The van der Waals surface area contributed by atoms with Gasteiger partial charge in [0, 0.05) is 12.1 Å². The van der Waals surface area contributed by atoms with Gasteiger partial charge in [-0.15, -0.1) is 0 Å². The normalized spacial score (nSPS) is 10.7. The second kappa shape index (κ2) is 5.32. The van der Waals surface area contributed by atoms with Crippen LogP contribution in [0.2, 0.25) is 0 Å². The smallest absolute Gasteiger partial charge is 0.131 e. The predicted molar refractivity (Wildman–Crippen MR) is 74.1 cm³/mol. The van der Waals surface area contributed by atoms with Crippen LogP contribution in [0, 0.1) is 19.7 Å². The molecule has 0 aliphatic rings. The molecule has 0 aromatic heterocycles. The maximum Gasteiger partial charge on any atom is 0.131 e. The Bertz CT molecular complexity index is 541. The fraction of sp³-hybridized carbons (Fsp3) is 0.250. The van der Waals surface area contributed by atoms with Crippen LogP contribution in [0.1, 0.15) is 16.7 Å². The number of halogens is 1. The summed E-state index contributed by atoms with van der Waals surface area (Å²) >= 11 is 0. The van der Waals surface area contributed by atoms with Crippen LogP contribution >= 0.6 is 0 Å². The van der Waals surface area contributed by atoms with E-state index in [1.54, 1.807) is 6.07 Å². The Kier molecular flexibility index (Phi) is 3.78. The molecule has 2 aromatic rings. The molecule has 2 heteroatoms. The lowest BCUT2D eigenvalue weighted by atomic mass is 9.99. The first kappa shape index (κ1) is 12.8. The number of benzene rings is 2. The lowest BCUT2D eigenvalue weighted by molar-refractivity contribution is 0.627. The van der Waals surface area contributed by atoms with Crippen molar-refractivity contribution >= 4 is 0 Å². The van der Waals surface area contributed by atoms with E-state index >= 15 is 0 Å². The van der Waals surface area contributed by atoms with Gasteiger partial charge in [0.05, 0.1) is 0 Å². The van der Waals surface area contributed by atoms with Crippen LogP contribution in [0.3, 0.4) is 0 Å². The molecular weight excluding hydrogens is 225 g/mol. The zero-order valence-corrected chi connectivity index (χ0v) is 11.0. The monoisotopic (exact) mass is 243 g/mol. The first-order chi connectivity index (χ1) is 8.60. The molecule has 1 nitrogen and oxygen atoms in total. The third kappa shape index (κ3) is 2.77. The minimum Gasteiger partial charge on any atom is -0.316 e. The van der Waals surface area contributed by atoms with E-state index in [0.717, 1.165) is 22.3 Å². The van der Waals surface area contributed by atoms with Crippen molar-refractivity contribution in [1.29, 1.82) is 0 Å². The number of aryl methyl sites for hydroxylation is 2. The Morgan fingerprint density at radius 2 is 1.67 bits per heavy atom. The average Bonchev–Trinajstić information content (AvgIpc) is 2.28. The molecule has 0 bridgehead atoms. The predicted octanol–water partition coefficient (Wildman–Crippen LogP) is 3.83. The maximum absolute atomic E-state index is 14.1. The SMILES string of the molecule is CNCc1ccc(-c2cc(C)cc(C)c2)c(F)c1. The summed E-state index contributed by atoms with van der Waals surface area (Å²) in [6, 6.07) is 11.6. The third-order valence-electron chi connectivity index (χ3n) is 2.95. The molecule has 0 saturated carbocycles. The second-order valence-corrected chi connectivity index (χ2v) is 4.72. The van der Waals surface area contributed by atoms with Gasteiger partial charge in [0.1, 0.15) is 5.82 Å². The van der Waals surface area contributed by atoms with Crippen LogP contribution in [-0.2, 0) is 6.54 Å². The van der Waals surface area contributed by atoms with Gasteiger partial charge in [-0.2, -0.15) is 0 Å². The lowest BCUT2D eigenvalue weighted by Crippen LogP contribution is -2.05. The molecule has 18 heavy (non-hydrogen) atoms. The summed E-state index contributed by atoms with van der Waals surface area (Å²) in [5.74, 6) is -0.159.